The second-order valence-electron chi connectivity index (χ2n) is 4.56. The molecule has 0 aliphatic heterocycles. The Kier molecular flexibility index (Phi) is 4.28. The highest BCUT2D eigenvalue weighted by Gasteiger charge is 2.11. The number of carboxylic acids is 1. The van der Waals surface area contributed by atoms with Gasteiger partial charge < -0.3 is 16.2 Å². The molecule has 0 saturated heterocycles. The Morgan fingerprint density at radius 2 is 1.90 bits per heavy atom. The van der Waals surface area contributed by atoms with Crippen molar-refractivity contribution in [3.8, 4) is 0 Å². The van der Waals surface area contributed by atoms with Gasteiger partial charge >= 0.3 is 5.97 Å². The number of carbonyl (C=O) groups is 2. The predicted molar refractivity (Wildman–Crippen MR) is 84.6 cm³/mol. The summed E-state index contributed by atoms with van der Waals surface area (Å²) in [6.45, 7) is 1.68. The van der Waals surface area contributed by atoms with Gasteiger partial charge in [-0.25, -0.2) is 4.79 Å². The summed E-state index contributed by atoms with van der Waals surface area (Å²) in [7, 11) is 0. The molecule has 0 aromatic heterocycles. The van der Waals surface area contributed by atoms with Crippen LogP contribution in [-0.4, -0.2) is 17.0 Å². The molecule has 2 aromatic carbocycles. The van der Waals surface area contributed by atoms with Gasteiger partial charge in [-0.05, 0) is 48.9 Å². The number of carbonyl (C=O) groups excluding carboxylic acids is 1. The SMILES string of the molecule is Cc1cc(NC(=O)c2cc(N)cc(Br)c2)ccc1C(=O)O. The lowest BCUT2D eigenvalue weighted by molar-refractivity contribution is 0.0696. The summed E-state index contributed by atoms with van der Waals surface area (Å²) < 4.78 is 0.713. The molecule has 0 saturated carbocycles. The summed E-state index contributed by atoms with van der Waals surface area (Å²) >= 11 is 3.28. The minimum Gasteiger partial charge on any atom is -0.478 e. The van der Waals surface area contributed by atoms with Crippen molar-refractivity contribution in [1.29, 1.82) is 0 Å². The Bertz CT molecular complexity index is 709. The molecule has 0 unspecified atom stereocenters. The second-order valence-corrected chi connectivity index (χ2v) is 5.48. The molecule has 6 heteroatoms. The summed E-state index contributed by atoms with van der Waals surface area (Å²) in [6, 6.07) is 9.55. The topological polar surface area (TPSA) is 92.4 Å². The van der Waals surface area contributed by atoms with Gasteiger partial charge in [0.2, 0.25) is 0 Å². The van der Waals surface area contributed by atoms with Gasteiger partial charge in [0, 0.05) is 21.4 Å². The van der Waals surface area contributed by atoms with Crippen molar-refractivity contribution in [1.82, 2.24) is 0 Å². The molecule has 2 aromatic rings. The Labute approximate surface area is 129 Å². The summed E-state index contributed by atoms with van der Waals surface area (Å²) in [6.07, 6.45) is 0. The number of rotatable bonds is 3. The van der Waals surface area contributed by atoms with E-state index in [1.807, 2.05) is 0 Å². The normalized spacial score (nSPS) is 10.2. The standard InChI is InChI=1S/C15H13BrN2O3/c1-8-4-12(2-3-13(8)15(20)21)18-14(19)9-5-10(16)7-11(17)6-9/h2-7H,17H2,1H3,(H,18,19)(H,20,21). The Hall–Kier alpha value is -2.34. The number of carboxylic acid groups (broad SMARTS) is 1. The first-order valence-electron chi connectivity index (χ1n) is 6.08. The maximum absolute atomic E-state index is 12.1. The maximum atomic E-state index is 12.1. The average molecular weight is 349 g/mol. The largest absolute Gasteiger partial charge is 0.478 e. The second kappa shape index (κ2) is 5.97. The first-order chi connectivity index (χ1) is 9.86. The van der Waals surface area contributed by atoms with Crippen molar-refractivity contribution < 1.29 is 14.7 Å². The van der Waals surface area contributed by atoms with E-state index in [0.717, 1.165) is 0 Å². The van der Waals surface area contributed by atoms with E-state index in [2.05, 4.69) is 21.2 Å². The van der Waals surface area contributed by atoms with Gasteiger partial charge in [0.25, 0.3) is 5.91 Å². The van der Waals surface area contributed by atoms with Crippen LogP contribution < -0.4 is 11.1 Å². The maximum Gasteiger partial charge on any atom is 0.335 e. The number of nitrogen functional groups attached to an aromatic ring is 1. The van der Waals surface area contributed by atoms with E-state index >= 15 is 0 Å². The minimum atomic E-state index is -0.995. The number of aromatic carboxylic acids is 1. The van der Waals surface area contributed by atoms with Gasteiger partial charge in [0.05, 0.1) is 5.56 Å². The van der Waals surface area contributed by atoms with Crippen molar-refractivity contribution in [2.24, 2.45) is 0 Å². The van der Waals surface area contributed by atoms with Crippen molar-refractivity contribution in [3.63, 3.8) is 0 Å². The van der Waals surface area contributed by atoms with Crippen LogP contribution in [0.1, 0.15) is 26.3 Å². The molecule has 0 heterocycles. The van der Waals surface area contributed by atoms with Crippen molar-refractivity contribution in [2.45, 2.75) is 6.92 Å². The van der Waals surface area contributed by atoms with E-state index in [0.29, 0.717) is 27.0 Å². The van der Waals surface area contributed by atoms with Gasteiger partial charge in [-0.15, -0.1) is 0 Å². The van der Waals surface area contributed by atoms with Crippen LogP contribution in [-0.2, 0) is 0 Å². The molecule has 4 N–H and O–H groups in total. The number of halogens is 1. The first-order valence-corrected chi connectivity index (χ1v) is 6.87. The van der Waals surface area contributed by atoms with E-state index in [-0.39, 0.29) is 11.5 Å². The van der Waals surface area contributed by atoms with E-state index in [1.165, 1.54) is 6.07 Å². The molecular formula is C15H13BrN2O3. The highest BCUT2D eigenvalue weighted by molar-refractivity contribution is 9.10. The number of anilines is 2. The molecule has 0 aliphatic carbocycles. The van der Waals surface area contributed by atoms with Crippen LogP contribution in [0.5, 0.6) is 0 Å². The van der Waals surface area contributed by atoms with E-state index < -0.39 is 5.97 Å². The van der Waals surface area contributed by atoms with Crippen LogP contribution in [0.4, 0.5) is 11.4 Å². The van der Waals surface area contributed by atoms with Crippen LogP contribution in [0.3, 0.4) is 0 Å². The molecule has 108 valence electrons. The summed E-state index contributed by atoms with van der Waals surface area (Å²) in [5, 5.41) is 11.7. The monoisotopic (exact) mass is 348 g/mol. The molecule has 0 bridgehead atoms. The lowest BCUT2D eigenvalue weighted by atomic mass is 10.1. The highest BCUT2D eigenvalue weighted by Crippen LogP contribution is 2.20. The Morgan fingerprint density at radius 1 is 1.19 bits per heavy atom. The van der Waals surface area contributed by atoms with Crippen molar-refractivity contribution in [2.75, 3.05) is 11.1 Å². The molecule has 0 spiro atoms. The summed E-state index contributed by atoms with van der Waals surface area (Å²) in [5.74, 6) is -1.31. The van der Waals surface area contributed by atoms with E-state index in [9.17, 15) is 9.59 Å². The van der Waals surface area contributed by atoms with Gasteiger partial charge in [-0.1, -0.05) is 15.9 Å². The van der Waals surface area contributed by atoms with Gasteiger partial charge in [-0.2, -0.15) is 0 Å². The van der Waals surface area contributed by atoms with Crippen LogP contribution in [0.15, 0.2) is 40.9 Å². The molecule has 1 amide bonds. The third-order valence-electron chi connectivity index (χ3n) is 2.90. The number of hydrogen-bond acceptors (Lipinski definition) is 3. The molecule has 5 nitrogen and oxygen atoms in total. The minimum absolute atomic E-state index is 0.208. The zero-order chi connectivity index (χ0) is 15.6. The molecule has 0 aliphatic rings. The van der Waals surface area contributed by atoms with Gasteiger partial charge in [0.15, 0.2) is 0 Å². The van der Waals surface area contributed by atoms with Crippen LogP contribution >= 0.6 is 15.9 Å². The van der Waals surface area contributed by atoms with Crippen LogP contribution in [0.2, 0.25) is 0 Å². The number of nitrogens with one attached hydrogen (secondary N) is 1. The molecular weight excluding hydrogens is 336 g/mol. The van der Waals surface area contributed by atoms with Crippen molar-refractivity contribution in [3.05, 3.63) is 57.6 Å². The average Bonchev–Trinajstić information content (AvgIpc) is 2.37. The Morgan fingerprint density at radius 3 is 2.48 bits per heavy atom. The molecule has 0 fully saturated rings. The number of hydrogen-bond donors (Lipinski definition) is 3. The first kappa shape index (κ1) is 15.1. The molecule has 21 heavy (non-hydrogen) atoms. The fraction of sp³-hybridized carbons (Fsp3) is 0.0667. The number of nitrogens with two attached hydrogens (primary N) is 1. The lowest BCUT2D eigenvalue weighted by Gasteiger charge is -2.08. The van der Waals surface area contributed by atoms with Gasteiger partial charge in [0.1, 0.15) is 0 Å². The number of aryl methyl sites for hydroxylation is 1. The number of amides is 1. The smallest absolute Gasteiger partial charge is 0.335 e. The fourth-order valence-electron chi connectivity index (χ4n) is 1.93. The fourth-order valence-corrected chi connectivity index (χ4v) is 2.44. The third-order valence-corrected chi connectivity index (χ3v) is 3.35. The Balaban J connectivity index is 2.23. The zero-order valence-corrected chi connectivity index (χ0v) is 12.8. The molecule has 2 rings (SSSR count). The quantitative estimate of drug-likeness (QED) is 0.742. The van der Waals surface area contributed by atoms with Crippen LogP contribution in [0.25, 0.3) is 0 Å². The zero-order valence-electron chi connectivity index (χ0n) is 11.2. The molecule has 0 atom stereocenters. The predicted octanol–water partition coefficient (Wildman–Crippen LogP) is 3.29. The van der Waals surface area contributed by atoms with E-state index in [4.69, 9.17) is 10.8 Å². The number of benzene rings is 2. The molecule has 0 radical (unpaired) electrons. The van der Waals surface area contributed by atoms with E-state index in [1.54, 1.807) is 37.3 Å². The van der Waals surface area contributed by atoms with Crippen molar-refractivity contribution >= 4 is 39.2 Å². The lowest BCUT2D eigenvalue weighted by Crippen LogP contribution is -2.13. The summed E-state index contributed by atoms with van der Waals surface area (Å²) in [5.41, 5.74) is 7.90. The van der Waals surface area contributed by atoms with Gasteiger partial charge in [-0.3, -0.25) is 4.79 Å². The van der Waals surface area contributed by atoms with Crippen LogP contribution in [0, 0.1) is 6.92 Å². The summed E-state index contributed by atoms with van der Waals surface area (Å²) in [4.78, 5) is 23.1. The third kappa shape index (κ3) is 3.61. The highest BCUT2D eigenvalue weighted by atomic mass is 79.9.